The summed E-state index contributed by atoms with van der Waals surface area (Å²) in [4.78, 5) is 2.09. The Morgan fingerprint density at radius 3 is 2.83 bits per heavy atom. The van der Waals surface area contributed by atoms with Crippen molar-refractivity contribution < 1.29 is 14.2 Å². The van der Waals surface area contributed by atoms with Gasteiger partial charge < -0.3 is 9.84 Å². The van der Waals surface area contributed by atoms with Crippen LogP contribution in [0.4, 0.5) is 4.39 Å². The van der Waals surface area contributed by atoms with E-state index in [9.17, 15) is 9.50 Å². The molecular weight excluding hydrogens is 311 g/mol. The third kappa shape index (κ3) is 3.27. The summed E-state index contributed by atoms with van der Waals surface area (Å²) in [5.74, 6) is -0.133. The SMILES string of the molecule is COc1ccc(CN2CC[C@@](O)(c3cn(C(C)C)nn3)C2)cc1F. The highest BCUT2D eigenvalue weighted by atomic mass is 19.1. The summed E-state index contributed by atoms with van der Waals surface area (Å²) >= 11 is 0. The molecule has 0 amide bonds. The summed E-state index contributed by atoms with van der Waals surface area (Å²) in [7, 11) is 1.45. The number of hydrogen-bond acceptors (Lipinski definition) is 5. The molecule has 1 saturated heterocycles. The van der Waals surface area contributed by atoms with Crippen LogP contribution in [0, 0.1) is 5.82 Å². The first-order valence-corrected chi connectivity index (χ1v) is 8.11. The molecule has 0 aliphatic carbocycles. The number of hydrogen-bond donors (Lipinski definition) is 1. The topological polar surface area (TPSA) is 63.4 Å². The average Bonchev–Trinajstić information content (AvgIpc) is 3.16. The highest BCUT2D eigenvalue weighted by Crippen LogP contribution is 2.32. The molecule has 130 valence electrons. The number of aliphatic hydroxyl groups is 1. The molecule has 1 N–H and O–H groups in total. The molecule has 2 heterocycles. The number of rotatable bonds is 5. The van der Waals surface area contributed by atoms with Gasteiger partial charge in [0.05, 0.1) is 13.3 Å². The molecule has 1 aromatic carbocycles. The van der Waals surface area contributed by atoms with Crippen LogP contribution in [0.3, 0.4) is 0 Å². The Morgan fingerprint density at radius 1 is 1.42 bits per heavy atom. The number of benzene rings is 1. The van der Waals surface area contributed by atoms with Gasteiger partial charge in [-0.15, -0.1) is 5.10 Å². The molecule has 0 unspecified atom stereocenters. The fourth-order valence-electron chi connectivity index (χ4n) is 3.02. The number of likely N-dealkylation sites (tertiary alicyclic amines) is 1. The Kier molecular flexibility index (Phi) is 4.56. The van der Waals surface area contributed by atoms with E-state index >= 15 is 0 Å². The third-order valence-corrected chi connectivity index (χ3v) is 4.47. The van der Waals surface area contributed by atoms with Gasteiger partial charge in [0.25, 0.3) is 0 Å². The molecule has 6 nitrogen and oxygen atoms in total. The number of methoxy groups -OCH3 is 1. The zero-order valence-corrected chi connectivity index (χ0v) is 14.2. The van der Waals surface area contributed by atoms with Gasteiger partial charge in [0.15, 0.2) is 11.6 Å². The van der Waals surface area contributed by atoms with Gasteiger partial charge in [0, 0.05) is 25.7 Å². The molecule has 1 aliphatic heterocycles. The molecule has 0 bridgehead atoms. The van der Waals surface area contributed by atoms with Gasteiger partial charge in [-0.05, 0) is 38.0 Å². The maximum absolute atomic E-state index is 13.8. The van der Waals surface area contributed by atoms with Crippen molar-refractivity contribution in [2.24, 2.45) is 0 Å². The molecule has 24 heavy (non-hydrogen) atoms. The van der Waals surface area contributed by atoms with E-state index in [0.29, 0.717) is 25.2 Å². The first kappa shape index (κ1) is 16.9. The third-order valence-electron chi connectivity index (χ3n) is 4.47. The lowest BCUT2D eigenvalue weighted by molar-refractivity contribution is 0.0408. The maximum Gasteiger partial charge on any atom is 0.165 e. The van der Waals surface area contributed by atoms with Gasteiger partial charge in [0.1, 0.15) is 11.3 Å². The molecule has 3 rings (SSSR count). The second-order valence-electron chi connectivity index (χ2n) is 6.64. The minimum Gasteiger partial charge on any atom is -0.494 e. The van der Waals surface area contributed by atoms with E-state index in [1.54, 1.807) is 16.9 Å². The van der Waals surface area contributed by atoms with Crippen LogP contribution < -0.4 is 4.74 Å². The zero-order valence-electron chi connectivity index (χ0n) is 14.2. The summed E-state index contributed by atoms with van der Waals surface area (Å²) in [5, 5.41) is 19.1. The van der Waals surface area contributed by atoms with Gasteiger partial charge in [-0.3, -0.25) is 4.90 Å². The zero-order chi connectivity index (χ0) is 17.3. The van der Waals surface area contributed by atoms with Gasteiger partial charge in [-0.1, -0.05) is 11.3 Å². The number of aromatic nitrogens is 3. The second-order valence-corrected chi connectivity index (χ2v) is 6.64. The van der Waals surface area contributed by atoms with Gasteiger partial charge in [-0.2, -0.15) is 0 Å². The number of ether oxygens (including phenoxy) is 1. The van der Waals surface area contributed by atoms with E-state index in [1.165, 1.54) is 13.2 Å². The Labute approximate surface area is 140 Å². The average molecular weight is 334 g/mol. The van der Waals surface area contributed by atoms with Crippen molar-refractivity contribution in [3.8, 4) is 5.75 Å². The van der Waals surface area contributed by atoms with E-state index in [4.69, 9.17) is 4.74 Å². The fourth-order valence-corrected chi connectivity index (χ4v) is 3.02. The van der Waals surface area contributed by atoms with Crippen molar-refractivity contribution in [3.05, 3.63) is 41.5 Å². The number of halogens is 1. The maximum atomic E-state index is 13.8. The van der Waals surface area contributed by atoms with Gasteiger partial charge in [0.2, 0.25) is 0 Å². The van der Waals surface area contributed by atoms with E-state index < -0.39 is 5.60 Å². The van der Waals surface area contributed by atoms with Crippen LogP contribution in [-0.2, 0) is 12.1 Å². The van der Waals surface area contributed by atoms with Crippen molar-refractivity contribution in [3.63, 3.8) is 0 Å². The second kappa shape index (κ2) is 6.49. The standard InChI is InChI=1S/C17H23FN4O2/c1-12(2)22-10-16(19-20-22)17(23)6-7-21(11-17)9-13-4-5-15(24-3)14(18)8-13/h4-5,8,10,12,23H,6-7,9,11H2,1-3H3/t17-/m0/s1. The van der Waals surface area contributed by atoms with Gasteiger partial charge >= 0.3 is 0 Å². The van der Waals surface area contributed by atoms with E-state index in [1.807, 2.05) is 19.9 Å². The molecule has 1 fully saturated rings. The van der Waals surface area contributed by atoms with E-state index in [-0.39, 0.29) is 17.6 Å². The Hall–Kier alpha value is -1.99. The lowest BCUT2D eigenvalue weighted by Gasteiger charge is -2.21. The van der Waals surface area contributed by atoms with Crippen molar-refractivity contribution in [1.82, 2.24) is 19.9 Å². The minimum absolute atomic E-state index is 0.203. The smallest absolute Gasteiger partial charge is 0.165 e. The van der Waals surface area contributed by atoms with E-state index in [0.717, 1.165) is 12.1 Å². The molecule has 1 aliphatic rings. The molecule has 2 aromatic rings. The molecule has 0 saturated carbocycles. The molecule has 0 spiro atoms. The Balaban J connectivity index is 1.69. The lowest BCUT2D eigenvalue weighted by Crippen LogP contribution is -2.31. The van der Waals surface area contributed by atoms with Crippen molar-refractivity contribution in [2.45, 2.75) is 38.5 Å². The molecule has 7 heteroatoms. The highest BCUT2D eigenvalue weighted by molar-refractivity contribution is 5.29. The van der Waals surface area contributed by atoms with Crippen LogP contribution in [-0.4, -0.2) is 45.2 Å². The molecule has 0 radical (unpaired) electrons. The fraction of sp³-hybridized carbons (Fsp3) is 0.529. The first-order valence-electron chi connectivity index (χ1n) is 8.11. The van der Waals surface area contributed by atoms with Crippen LogP contribution in [0.5, 0.6) is 5.75 Å². The lowest BCUT2D eigenvalue weighted by atomic mass is 10.00. The molecular formula is C17H23FN4O2. The molecule has 1 atom stereocenters. The van der Waals surface area contributed by atoms with Crippen molar-refractivity contribution in [2.75, 3.05) is 20.2 Å². The first-order chi connectivity index (χ1) is 11.4. The van der Waals surface area contributed by atoms with Crippen LogP contribution in [0.2, 0.25) is 0 Å². The predicted octanol–water partition coefficient (Wildman–Crippen LogP) is 2.10. The summed E-state index contributed by atoms with van der Waals surface area (Å²) in [6.07, 6.45) is 2.39. The van der Waals surface area contributed by atoms with E-state index in [2.05, 4.69) is 15.2 Å². The summed E-state index contributed by atoms with van der Waals surface area (Å²) in [5.41, 5.74) is 0.445. The monoisotopic (exact) mass is 334 g/mol. The minimum atomic E-state index is -1.00. The van der Waals surface area contributed by atoms with Crippen molar-refractivity contribution >= 4 is 0 Å². The van der Waals surface area contributed by atoms with Crippen LogP contribution in [0.25, 0.3) is 0 Å². The quantitative estimate of drug-likeness (QED) is 0.907. The largest absolute Gasteiger partial charge is 0.494 e. The number of nitrogens with zero attached hydrogens (tertiary/aromatic N) is 4. The van der Waals surface area contributed by atoms with Crippen LogP contribution in [0.1, 0.15) is 37.6 Å². The Morgan fingerprint density at radius 2 is 2.21 bits per heavy atom. The van der Waals surface area contributed by atoms with Crippen molar-refractivity contribution in [1.29, 1.82) is 0 Å². The summed E-state index contributed by atoms with van der Waals surface area (Å²) < 4.78 is 20.5. The molecule has 1 aromatic heterocycles. The summed E-state index contributed by atoms with van der Waals surface area (Å²) in [6, 6.07) is 5.15. The predicted molar refractivity (Wildman–Crippen MR) is 87.1 cm³/mol. The highest BCUT2D eigenvalue weighted by Gasteiger charge is 2.40. The summed E-state index contributed by atoms with van der Waals surface area (Å²) in [6.45, 7) is 5.78. The Bertz CT molecular complexity index is 718. The normalized spacial score (nSPS) is 21.6. The van der Waals surface area contributed by atoms with Crippen LogP contribution >= 0.6 is 0 Å². The number of β-amino-alcohol motifs (C(OH)–C–C–N with tert-alkyl or cyclic N) is 1. The van der Waals surface area contributed by atoms with Gasteiger partial charge in [-0.25, -0.2) is 9.07 Å². The van der Waals surface area contributed by atoms with Crippen LogP contribution in [0.15, 0.2) is 24.4 Å².